The van der Waals surface area contributed by atoms with E-state index in [1.165, 1.54) is 55.4 Å². The van der Waals surface area contributed by atoms with Gasteiger partial charge in [-0.1, -0.05) is 25.0 Å². The number of esters is 1. The quantitative estimate of drug-likeness (QED) is 0.561. The fraction of sp³-hybridized carbons (Fsp3) is 0.583. The molecule has 1 heterocycles. The molecule has 2 atom stereocenters. The lowest BCUT2D eigenvalue weighted by Crippen LogP contribution is -2.39. The second-order valence-corrected chi connectivity index (χ2v) is 9.19. The van der Waals surface area contributed by atoms with Gasteiger partial charge in [0.2, 0.25) is 0 Å². The minimum absolute atomic E-state index is 0.152. The summed E-state index contributed by atoms with van der Waals surface area (Å²) >= 11 is 0. The van der Waals surface area contributed by atoms with Crippen molar-refractivity contribution in [2.75, 3.05) is 20.2 Å². The highest BCUT2D eigenvalue weighted by Gasteiger charge is 2.39. The van der Waals surface area contributed by atoms with Crippen molar-refractivity contribution in [2.24, 2.45) is 5.41 Å². The molecule has 2 aliphatic rings. The van der Waals surface area contributed by atoms with Crippen LogP contribution in [0.5, 0.6) is 0 Å². The molecule has 0 aromatic heterocycles. The largest absolute Gasteiger partial charge is 0.468 e. The average molecular weight is 417 g/mol. The predicted molar refractivity (Wildman–Crippen MR) is 115 cm³/mol. The van der Waals surface area contributed by atoms with Gasteiger partial charge >= 0.3 is 5.97 Å². The number of ether oxygens (including phenoxy) is 1. The van der Waals surface area contributed by atoms with Crippen LogP contribution in [0.2, 0.25) is 0 Å². The zero-order valence-corrected chi connectivity index (χ0v) is 18.5. The Morgan fingerprint density at radius 1 is 1.27 bits per heavy atom. The van der Waals surface area contributed by atoms with Gasteiger partial charge in [0.15, 0.2) is 0 Å². The van der Waals surface area contributed by atoms with Gasteiger partial charge in [0.05, 0.1) is 7.11 Å². The van der Waals surface area contributed by atoms with E-state index in [2.05, 4.69) is 31.0 Å². The molecule has 1 aliphatic heterocycles. The minimum atomic E-state index is -0.375. The first-order valence-corrected chi connectivity index (χ1v) is 10.8. The van der Waals surface area contributed by atoms with Crippen LogP contribution in [0, 0.1) is 11.2 Å². The fourth-order valence-corrected chi connectivity index (χ4v) is 4.99. The van der Waals surface area contributed by atoms with Gasteiger partial charge in [0.1, 0.15) is 11.9 Å². The van der Waals surface area contributed by atoms with E-state index in [0.717, 1.165) is 19.4 Å². The molecule has 1 saturated heterocycles. The van der Waals surface area contributed by atoms with E-state index < -0.39 is 0 Å². The SMILES string of the molecule is COC(=O)[C@@H]1C[C@@H](NC(=O)c2ccc(F)cc2)CN1CCC1=C(C)CCCC1(C)C. The van der Waals surface area contributed by atoms with Gasteiger partial charge in [-0.05, 0) is 68.7 Å². The molecule has 30 heavy (non-hydrogen) atoms. The molecular formula is C24H33FN2O3. The molecule has 0 unspecified atom stereocenters. The van der Waals surface area contributed by atoms with E-state index >= 15 is 0 Å². The first-order valence-electron chi connectivity index (χ1n) is 10.8. The number of carbonyl (C=O) groups is 2. The Kier molecular flexibility index (Phi) is 6.96. The standard InChI is InChI=1S/C24H33FN2O3/c1-16-6-5-12-24(2,3)20(16)11-13-27-15-19(14-21(27)23(29)30-4)26-22(28)17-7-9-18(25)10-8-17/h7-10,19,21H,5-6,11-15H2,1-4H3,(H,26,28)/t19-,21+/m1/s1. The third kappa shape index (κ3) is 5.09. The number of nitrogens with zero attached hydrogens (tertiary/aromatic N) is 1. The molecule has 3 rings (SSSR count). The van der Waals surface area contributed by atoms with E-state index in [0.29, 0.717) is 18.5 Å². The first-order chi connectivity index (χ1) is 14.2. The van der Waals surface area contributed by atoms with Crippen LogP contribution < -0.4 is 5.32 Å². The van der Waals surface area contributed by atoms with Crippen LogP contribution >= 0.6 is 0 Å². The second kappa shape index (κ2) is 9.29. The molecule has 1 aromatic carbocycles. The van der Waals surface area contributed by atoms with E-state index in [4.69, 9.17) is 4.74 Å². The lowest BCUT2D eigenvalue weighted by molar-refractivity contribution is -0.145. The summed E-state index contributed by atoms with van der Waals surface area (Å²) in [6.45, 7) is 8.19. The van der Waals surface area contributed by atoms with E-state index in [1.807, 2.05) is 0 Å². The average Bonchev–Trinajstić information content (AvgIpc) is 3.09. The first kappa shape index (κ1) is 22.5. The summed E-state index contributed by atoms with van der Waals surface area (Å²) in [7, 11) is 1.40. The highest BCUT2D eigenvalue weighted by atomic mass is 19.1. The maximum Gasteiger partial charge on any atom is 0.323 e. The molecule has 6 heteroatoms. The second-order valence-electron chi connectivity index (χ2n) is 9.19. The van der Waals surface area contributed by atoms with Crippen molar-refractivity contribution >= 4 is 11.9 Å². The Bertz CT molecular complexity index is 816. The number of halogens is 1. The predicted octanol–water partition coefficient (Wildman–Crippen LogP) is 4.09. The maximum atomic E-state index is 13.1. The van der Waals surface area contributed by atoms with Crippen molar-refractivity contribution in [1.82, 2.24) is 10.2 Å². The third-order valence-corrected chi connectivity index (χ3v) is 6.65. The summed E-state index contributed by atoms with van der Waals surface area (Å²) < 4.78 is 18.1. The topological polar surface area (TPSA) is 58.6 Å². The van der Waals surface area contributed by atoms with Gasteiger partial charge in [-0.25, -0.2) is 4.39 Å². The van der Waals surface area contributed by atoms with Crippen molar-refractivity contribution in [3.8, 4) is 0 Å². The summed E-state index contributed by atoms with van der Waals surface area (Å²) in [5, 5.41) is 2.99. The molecule has 1 aromatic rings. The van der Waals surface area contributed by atoms with Gasteiger partial charge in [0.25, 0.3) is 5.91 Å². The van der Waals surface area contributed by atoms with Gasteiger partial charge in [-0.3, -0.25) is 14.5 Å². The lowest BCUT2D eigenvalue weighted by Gasteiger charge is -2.36. The number of hydrogen-bond acceptors (Lipinski definition) is 4. The summed E-state index contributed by atoms with van der Waals surface area (Å²) in [5.41, 5.74) is 3.57. The Hall–Kier alpha value is -2.21. The number of amides is 1. The van der Waals surface area contributed by atoms with Crippen molar-refractivity contribution in [3.05, 3.63) is 46.8 Å². The highest BCUT2D eigenvalue weighted by molar-refractivity contribution is 5.94. The van der Waals surface area contributed by atoms with E-state index in [9.17, 15) is 14.0 Å². The number of nitrogens with one attached hydrogen (secondary N) is 1. The molecule has 0 bridgehead atoms. The number of carbonyl (C=O) groups excluding carboxylic acids is 2. The smallest absolute Gasteiger partial charge is 0.323 e. The summed E-state index contributed by atoms with van der Waals surface area (Å²) in [5.74, 6) is -0.890. The zero-order chi connectivity index (χ0) is 21.9. The molecule has 164 valence electrons. The van der Waals surface area contributed by atoms with Gasteiger partial charge in [-0.15, -0.1) is 0 Å². The molecule has 1 N–H and O–H groups in total. The third-order valence-electron chi connectivity index (χ3n) is 6.65. The monoisotopic (exact) mass is 416 g/mol. The Balaban J connectivity index is 1.66. The van der Waals surface area contributed by atoms with Crippen LogP contribution in [0.25, 0.3) is 0 Å². The van der Waals surface area contributed by atoms with Crippen molar-refractivity contribution in [1.29, 1.82) is 0 Å². The van der Waals surface area contributed by atoms with Gasteiger partial charge in [0, 0.05) is 24.7 Å². The maximum absolute atomic E-state index is 13.1. The van der Waals surface area contributed by atoms with Crippen molar-refractivity contribution in [3.63, 3.8) is 0 Å². The molecule has 0 radical (unpaired) electrons. The van der Waals surface area contributed by atoms with Gasteiger partial charge in [-0.2, -0.15) is 0 Å². The normalized spacial score (nSPS) is 24.0. The molecule has 0 saturated carbocycles. The number of hydrogen-bond donors (Lipinski definition) is 1. The molecular weight excluding hydrogens is 383 g/mol. The number of allylic oxidation sites excluding steroid dienone is 1. The highest BCUT2D eigenvalue weighted by Crippen LogP contribution is 2.42. The van der Waals surface area contributed by atoms with Gasteiger partial charge < -0.3 is 10.1 Å². The van der Waals surface area contributed by atoms with Crippen LogP contribution in [-0.2, 0) is 9.53 Å². The van der Waals surface area contributed by atoms with Crippen molar-refractivity contribution < 1.29 is 18.7 Å². The molecule has 0 spiro atoms. The fourth-order valence-electron chi connectivity index (χ4n) is 4.99. The number of likely N-dealkylation sites (tertiary alicyclic amines) is 1. The van der Waals surface area contributed by atoms with Crippen LogP contribution in [0.15, 0.2) is 35.4 Å². The summed E-state index contributed by atoms with van der Waals surface area (Å²) in [6.07, 6.45) is 5.01. The molecule has 1 amide bonds. The number of benzene rings is 1. The van der Waals surface area contributed by atoms with E-state index in [-0.39, 0.29) is 35.2 Å². The summed E-state index contributed by atoms with van der Waals surface area (Å²) in [4.78, 5) is 27.0. The Morgan fingerprint density at radius 3 is 2.60 bits per heavy atom. The van der Waals surface area contributed by atoms with Crippen LogP contribution in [0.4, 0.5) is 4.39 Å². The van der Waals surface area contributed by atoms with Crippen LogP contribution in [0.1, 0.15) is 63.2 Å². The number of methoxy groups -OCH3 is 1. The van der Waals surface area contributed by atoms with Crippen molar-refractivity contribution in [2.45, 2.75) is 65.0 Å². The Labute approximate surface area is 178 Å². The zero-order valence-electron chi connectivity index (χ0n) is 18.5. The van der Waals surface area contributed by atoms with Crippen LogP contribution in [-0.4, -0.2) is 49.1 Å². The molecule has 1 aliphatic carbocycles. The minimum Gasteiger partial charge on any atom is -0.468 e. The Morgan fingerprint density at radius 2 is 1.97 bits per heavy atom. The summed E-state index contributed by atoms with van der Waals surface area (Å²) in [6, 6.07) is 4.97. The van der Waals surface area contributed by atoms with E-state index in [1.54, 1.807) is 0 Å². The molecule has 5 nitrogen and oxygen atoms in total. The lowest BCUT2D eigenvalue weighted by atomic mass is 9.71. The van der Waals surface area contributed by atoms with Crippen LogP contribution in [0.3, 0.4) is 0 Å². The number of rotatable bonds is 6. The molecule has 1 fully saturated rings.